The van der Waals surface area contributed by atoms with Gasteiger partial charge >= 0.3 is 5.97 Å². The number of hydrogen-bond acceptors (Lipinski definition) is 6. The average molecular weight is 380 g/mol. The number of methoxy groups -OCH3 is 1. The first kappa shape index (κ1) is 22.5. The molecule has 1 aliphatic rings. The van der Waals surface area contributed by atoms with E-state index in [1.54, 1.807) is 19.2 Å². The standard InChI is InChI=1S/C15H21N3O4.2ClH/c1-16-10-14(19)17-13-4-3-11(9-12(13)15(20)21-2)18-5-7-22-8-6-18;;/h3-4,9,16H,5-8,10H2,1-2H3,(H,17,19);2*1H. The average Bonchev–Trinajstić information content (AvgIpc) is 2.55. The summed E-state index contributed by atoms with van der Waals surface area (Å²) >= 11 is 0. The van der Waals surface area contributed by atoms with Crippen LogP contribution in [0.1, 0.15) is 10.4 Å². The number of hydrogen-bond donors (Lipinski definition) is 2. The van der Waals surface area contributed by atoms with E-state index in [0.717, 1.165) is 18.8 Å². The monoisotopic (exact) mass is 379 g/mol. The number of likely N-dealkylation sites (N-methyl/N-ethyl adjacent to an activating group) is 1. The maximum atomic E-state index is 12.0. The molecule has 0 saturated carbocycles. The number of rotatable bonds is 5. The first-order valence-corrected chi connectivity index (χ1v) is 7.15. The summed E-state index contributed by atoms with van der Waals surface area (Å²) in [5, 5.41) is 5.47. The van der Waals surface area contributed by atoms with Gasteiger partial charge in [-0.25, -0.2) is 4.79 Å². The van der Waals surface area contributed by atoms with Gasteiger partial charge in [0.05, 0.1) is 38.1 Å². The second kappa shape index (κ2) is 11.1. The highest BCUT2D eigenvalue weighted by molar-refractivity contribution is 6.02. The molecule has 0 bridgehead atoms. The van der Waals surface area contributed by atoms with E-state index in [0.29, 0.717) is 24.5 Å². The van der Waals surface area contributed by atoms with E-state index >= 15 is 0 Å². The molecule has 2 rings (SSSR count). The highest BCUT2D eigenvalue weighted by Crippen LogP contribution is 2.25. The summed E-state index contributed by atoms with van der Waals surface area (Å²) in [6.07, 6.45) is 0. The van der Waals surface area contributed by atoms with Crippen LogP contribution in [-0.4, -0.2) is 58.9 Å². The number of ether oxygens (including phenoxy) is 2. The zero-order chi connectivity index (χ0) is 15.9. The fraction of sp³-hybridized carbons (Fsp3) is 0.467. The molecular weight excluding hydrogens is 357 g/mol. The molecule has 1 aromatic rings. The first-order chi connectivity index (χ1) is 10.7. The Morgan fingerprint density at radius 3 is 2.50 bits per heavy atom. The highest BCUT2D eigenvalue weighted by atomic mass is 35.5. The van der Waals surface area contributed by atoms with Crippen LogP contribution in [0.2, 0.25) is 0 Å². The largest absolute Gasteiger partial charge is 0.465 e. The Kier molecular flexibility index (Phi) is 10.4. The number of carbonyl (C=O) groups excluding carboxylic acids is 2. The van der Waals surface area contributed by atoms with Crippen molar-refractivity contribution in [2.24, 2.45) is 0 Å². The molecule has 0 aliphatic carbocycles. The SMILES string of the molecule is CNCC(=O)Nc1ccc(N2CCOCC2)cc1C(=O)OC.Cl.Cl. The summed E-state index contributed by atoms with van der Waals surface area (Å²) in [6.45, 7) is 3.03. The molecule has 1 saturated heterocycles. The normalized spacial score (nSPS) is 13.3. The number of carbonyl (C=O) groups is 2. The van der Waals surface area contributed by atoms with Crippen molar-refractivity contribution in [3.05, 3.63) is 23.8 Å². The third kappa shape index (κ3) is 5.83. The highest BCUT2D eigenvalue weighted by Gasteiger charge is 2.18. The first-order valence-electron chi connectivity index (χ1n) is 7.15. The molecule has 9 heteroatoms. The molecule has 7 nitrogen and oxygen atoms in total. The molecule has 2 N–H and O–H groups in total. The van der Waals surface area contributed by atoms with Gasteiger partial charge in [-0.2, -0.15) is 0 Å². The number of amides is 1. The Morgan fingerprint density at radius 2 is 1.92 bits per heavy atom. The van der Waals surface area contributed by atoms with Crippen molar-refractivity contribution >= 4 is 48.1 Å². The maximum Gasteiger partial charge on any atom is 0.340 e. The summed E-state index contributed by atoms with van der Waals surface area (Å²) in [4.78, 5) is 25.8. The van der Waals surface area contributed by atoms with Crippen LogP contribution >= 0.6 is 24.8 Å². The topological polar surface area (TPSA) is 79.9 Å². The second-order valence-electron chi connectivity index (χ2n) is 4.90. The van der Waals surface area contributed by atoms with E-state index in [9.17, 15) is 9.59 Å². The van der Waals surface area contributed by atoms with Gasteiger partial charge in [-0.3, -0.25) is 4.79 Å². The zero-order valence-electron chi connectivity index (χ0n) is 13.7. The number of esters is 1. The number of anilines is 2. The molecule has 0 spiro atoms. The lowest BCUT2D eigenvalue weighted by Crippen LogP contribution is -2.36. The van der Waals surface area contributed by atoms with Gasteiger partial charge in [0.2, 0.25) is 5.91 Å². The van der Waals surface area contributed by atoms with Crippen molar-refractivity contribution in [2.45, 2.75) is 0 Å². The van der Waals surface area contributed by atoms with Gasteiger partial charge in [0.1, 0.15) is 0 Å². The summed E-state index contributed by atoms with van der Waals surface area (Å²) in [6, 6.07) is 5.35. The number of benzene rings is 1. The van der Waals surface area contributed by atoms with Crippen molar-refractivity contribution in [2.75, 3.05) is 57.2 Å². The van der Waals surface area contributed by atoms with Crippen LogP contribution in [0.3, 0.4) is 0 Å². The van der Waals surface area contributed by atoms with E-state index in [2.05, 4.69) is 15.5 Å². The van der Waals surface area contributed by atoms with Crippen molar-refractivity contribution in [3.8, 4) is 0 Å². The number of morpholine rings is 1. The summed E-state index contributed by atoms with van der Waals surface area (Å²) < 4.78 is 10.1. The molecule has 24 heavy (non-hydrogen) atoms. The van der Waals surface area contributed by atoms with Crippen LogP contribution in [0.25, 0.3) is 0 Å². The van der Waals surface area contributed by atoms with Crippen LogP contribution in [0, 0.1) is 0 Å². The molecule has 1 fully saturated rings. The Hall–Kier alpha value is -1.54. The maximum absolute atomic E-state index is 12.0. The minimum absolute atomic E-state index is 0. The third-order valence-electron chi connectivity index (χ3n) is 3.40. The number of nitrogens with zero attached hydrogens (tertiary/aromatic N) is 1. The molecule has 0 unspecified atom stereocenters. The number of halogens is 2. The Bertz CT molecular complexity index is 552. The van der Waals surface area contributed by atoms with Crippen molar-refractivity contribution < 1.29 is 19.1 Å². The molecule has 1 amide bonds. The molecule has 1 aliphatic heterocycles. The van der Waals surface area contributed by atoms with Crippen LogP contribution in [0.4, 0.5) is 11.4 Å². The lowest BCUT2D eigenvalue weighted by atomic mass is 10.1. The van der Waals surface area contributed by atoms with Crippen molar-refractivity contribution in [1.29, 1.82) is 0 Å². The van der Waals surface area contributed by atoms with Crippen molar-refractivity contribution in [1.82, 2.24) is 5.32 Å². The molecule has 0 radical (unpaired) electrons. The number of nitrogens with one attached hydrogen (secondary N) is 2. The van der Waals surface area contributed by atoms with E-state index in [4.69, 9.17) is 9.47 Å². The quantitative estimate of drug-likeness (QED) is 0.750. The summed E-state index contributed by atoms with van der Waals surface area (Å²) in [7, 11) is 3.01. The smallest absolute Gasteiger partial charge is 0.340 e. The molecule has 0 aromatic heterocycles. The molecular formula is C15H23Cl2N3O4. The van der Waals surface area contributed by atoms with E-state index in [-0.39, 0.29) is 37.3 Å². The predicted octanol–water partition coefficient (Wildman–Crippen LogP) is 1.31. The van der Waals surface area contributed by atoms with Crippen LogP contribution in [0.15, 0.2) is 18.2 Å². The van der Waals surface area contributed by atoms with Gasteiger partial charge < -0.3 is 25.0 Å². The second-order valence-corrected chi connectivity index (χ2v) is 4.90. The minimum Gasteiger partial charge on any atom is -0.465 e. The third-order valence-corrected chi connectivity index (χ3v) is 3.40. The van der Waals surface area contributed by atoms with Gasteiger partial charge in [0, 0.05) is 18.8 Å². The lowest BCUT2D eigenvalue weighted by Gasteiger charge is -2.29. The van der Waals surface area contributed by atoms with Gasteiger partial charge in [0.25, 0.3) is 0 Å². The van der Waals surface area contributed by atoms with Crippen LogP contribution in [0.5, 0.6) is 0 Å². The van der Waals surface area contributed by atoms with Gasteiger partial charge in [-0.05, 0) is 25.2 Å². The Morgan fingerprint density at radius 1 is 1.25 bits per heavy atom. The summed E-state index contributed by atoms with van der Waals surface area (Å²) in [5.41, 5.74) is 1.70. The van der Waals surface area contributed by atoms with Gasteiger partial charge in [-0.1, -0.05) is 0 Å². The van der Waals surface area contributed by atoms with Gasteiger partial charge in [-0.15, -0.1) is 24.8 Å². The predicted molar refractivity (Wildman–Crippen MR) is 97.9 cm³/mol. The van der Waals surface area contributed by atoms with Crippen LogP contribution < -0.4 is 15.5 Å². The zero-order valence-corrected chi connectivity index (χ0v) is 15.3. The Labute approximate surface area is 153 Å². The minimum atomic E-state index is -0.477. The van der Waals surface area contributed by atoms with E-state index < -0.39 is 5.97 Å². The molecule has 1 heterocycles. The Balaban J connectivity index is 0.00000264. The molecule has 0 atom stereocenters. The lowest BCUT2D eigenvalue weighted by molar-refractivity contribution is -0.115. The van der Waals surface area contributed by atoms with Crippen molar-refractivity contribution in [3.63, 3.8) is 0 Å². The van der Waals surface area contributed by atoms with Crippen LogP contribution in [-0.2, 0) is 14.3 Å². The van der Waals surface area contributed by atoms with Gasteiger partial charge in [0.15, 0.2) is 0 Å². The molecule has 1 aromatic carbocycles. The van der Waals surface area contributed by atoms with E-state index in [1.165, 1.54) is 7.11 Å². The summed E-state index contributed by atoms with van der Waals surface area (Å²) in [5.74, 6) is -0.693. The molecule has 136 valence electrons. The fourth-order valence-corrected chi connectivity index (χ4v) is 2.29. The fourth-order valence-electron chi connectivity index (χ4n) is 2.29. The van der Waals surface area contributed by atoms with E-state index in [1.807, 2.05) is 6.07 Å².